The van der Waals surface area contributed by atoms with Gasteiger partial charge >= 0.3 is 0 Å². The van der Waals surface area contributed by atoms with Gasteiger partial charge in [-0.2, -0.15) is 0 Å². The van der Waals surface area contributed by atoms with Crippen molar-refractivity contribution in [2.45, 2.75) is 13.1 Å². The second kappa shape index (κ2) is 9.81. The third-order valence-corrected chi connectivity index (χ3v) is 13.2. The first-order chi connectivity index (χ1) is 22.1. The Hall–Kier alpha value is -5.38. The molecule has 1 aliphatic rings. The van der Waals surface area contributed by atoms with Crippen LogP contribution in [0.3, 0.4) is 0 Å². The van der Waals surface area contributed by atoms with Gasteiger partial charge in [-0.3, -0.25) is 0 Å². The standard InChI is InChI=1S/C42H31NOSi/c1-45(2)39-26-25-38-41(34-19-9-11-22-37(34)44-38)42(39)35-24-23-30(27-40(35)45)43(29-15-4-3-5-16-29)36-21-10-8-18-33(36)32-20-12-14-28-13-6-7-17-31(28)32/h3-27H,1-2H3. The van der Waals surface area contributed by atoms with Gasteiger partial charge in [0.1, 0.15) is 19.2 Å². The SMILES string of the molecule is C[Si]1(C)c2cc(N(c3ccccc3)c3ccccc3-c3cccc4ccccc34)ccc2-c2c1ccc1oc3ccccc3c21. The predicted octanol–water partition coefficient (Wildman–Crippen LogP) is 10.7. The van der Waals surface area contributed by atoms with E-state index in [2.05, 4.69) is 170 Å². The van der Waals surface area contributed by atoms with Gasteiger partial charge in [0.05, 0.1) is 5.69 Å². The Morgan fingerprint density at radius 3 is 2.09 bits per heavy atom. The maximum Gasteiger partial charge on any atom is 0.136 e. The minimum Gasteiger partial charge on any atom is -0.456 e. The molecule has 45 heavy (non-hydrogen) atoms. The fourth-order valence-corrected chi connectivity index (χ4v) is 10.6. The normalized spacial score (nSPS) is 13.3. The molecule has 2 nitrogen and oxygen atoms in total. The number of para-hydroxylation sites is 3. The van der Waals surface area contributed by atoms with E-state index >= 15 is 0 Å². The molecule has 0 radical (unpaired) electrons. The Labute approximate surface area is 263 Å². The first-order valence-corrected chi connectivity index (χ1v) is 18.6. The second-order valence-electron chi connectivity index (χ2n) is 12.5. The van der Waals surface area contributed by atoms with Crippen LogP contribution in [0.2, 0.25) is 13.1 Å². The number of anilines is 3. The minimum atomic E-state index is -2.02. The smallest absolute Gasteiger partial charge is 0.136 e. The molecule has 0 atom stereocenters. The molecule has 1 aromatic heterocycles. The highest BCUT2D eigenvalue weighted by atomic mass is 28.3. The molecule has 0 saturated heterocycles. The van der Waals surface area contributed by atoms with Crippen LogP contribution in [0.1, 0.15) is 0 Å². The van der Waals surface area contributed by atoms with Crippen molar-refractivity contribution in [1.82, 2.24) is 0 Å². The van der Waals surface area contributed by atoms with Crippen LogP contribution in [0.5, 0.6) is 0 Å². The van der Waals surface area contributed by atoms with Crippen LogP contribution in [-0.4, -0.2) is 8.07 Å². The number of hydrogen-bond acceptors (Lipinski definition) is 2. The van der Waals surface area contributed by atoms with Crippen molar-refractivity contribution < 1.29 is 4.42 Å². The van der Waals surface area contributed by atoms with Crippen molar-refractivity contribution >= 4 is 68.2 Å². The van der Waals surface area contributed by atoms with Crippen LogP contribution < -0.4 is 15.3 Å². The molecule has 0 fully saturated rings. The van der Waals surface area contributed by atoms with Crippen LogP contribution in [0.15, 0.2) is 156 Å². The average molecular weight is 594 g/mol. The number of nitrogens with zero attached hydrogens (tertiary/aromatic N) is 1. The van der Waals surface area contributed by atoms with E-state index in [1.54, 1.807) is 0 Å². The number of benzene rings is 7. The largest absolute Gasteiger partial charge is 0.456 e. The fourth-order valence-electron chi connectivity index (χ4n) is 7.53. The lowest BCUT2D eigenvalue weighted by Gasteiger charge is -2.29. The monoisotopic (exact) mass is 593 g/mol. The zero-order chi connectivity index (χ0) is 30.1. The van der Waals surface area contributed by atoms with E-state index in [0.717, 1.165) is 16.9 Å². The maximum atomic E-state index is 6.33. The lowest BCUT2D eigenvalue weighted by Crippen LogP contribution is -2.49. The summed E-state index contributed by atoms with van der Waals surface area (Å²) in [6.07, 6.45) is 0. The Bertz CT molecular complexity index is 2420. The summed E-state index contributed by atoms with van der Waals surface area (Å²) < 4.78 is 6.33. The molecule has 0 unspecified atom stereocenters. The molecule has 0 N–H and O–H groups in total. The van der Waals surface area contributed by atoms with Gasteiger partial charge in [0.25, 0.3) is 0 Å². The number of hydrogen-bond donors (Lipinski definition) is 0. The van der Waals surface area contributed by atoms with E-state index in [9.17, 15) is 0 Å². The van der Waals surface area contributed by atoms with Crippen molar-refractivity contribution in [2.75, 3.05) is 4.90 Å². The summed E-state index contributed by atoms with van der Waals surface area (Å²) in [5.41, 5.74) is 10.6. The van der Waals surface area contributed by atoms with Gasteiger partial charge in [0.2, 0.25) is 0 Å². The van der Waals surface area contributed by atoms with E-state index in [4.69, 9.17) is 4.42 Å². The Balaban J connectivity index is 1.28. The Morgan fingerprint density at radius 1 is 0.489 bits per heavy atom. The molecule has 9 rings (SSSR count). The highest BCUT2D eigenvalue weighted by Gasteiger charge is 2.39. The van der Waals surface area contributed by atoms with Gasteiger partial charge in [-0.25, -0.2) is 0 Å². The average Bonchev–Trinajstić information content (AvgIpc) is 3.57. The molecule has 0 amide bonds. The zero-order valence-electron chi connectivity index (χ0n) is 25.3. The van der Waals surface area contributed by atoms with E-state index in [1.165, 1.54) is 65.5 Å². The third kappa shape index (κ3) is 3.87. The highest BCUT2D eigenvalue weighted by Crippen LogP contribution is 2.45. The summed E-state index contributed by atoms with van der Waals surface area (Å²) in [6.45, 7) is 4.99. The van der Waals surface area contributed by atoms with Crippen LogP contribution in [0.4, 0.5) is 17.1 Å². The van der Waals surface area contributed by atoms with Crippen molar-refractivity contribution in [3.63, 3.8) is 0 Å². The third-order valence-electron chi connectivity index (χ3n) is 9.66. The quantitative estimate of drug-likeness (QED) is 0.189. The summed E-state index contributed by atoms with van der Waals surface area (Å²) >= 11 is 0. The first kappa shape index (κ1) is 26.1. The number of rotatable bonds is 4. The van der Waals surface area contributed by atoms with Crippen LogP contribution in [0.25, 0.3) is 55.0 Å². The van der Waals surface area contributed by atoms with Crippen LogP contribution in [0, 0.1) is 0 Å². The Morgan fingerprint density at radius 2 is 1.20 bits per heavy atom. The minimum absolute atomic E-state index is 0.950. The molecule has 3 heteroatoms. The van der Waals surface area contributed by atoms with Gasteiger partial charge in [-0.05, 0) is 80.3 Å². The van der Waals surface area contributed by atoms with Crippen molar-refractivity contribution in [2.24, 2.45) is 0 Å². The van der Waals surface area contributed by atoms with Crippen molar-refractivity contribution in [1.29, 1.82) is 0 Å². The van der Waals surface area contributed by atoms with E-state index in [1.807, 2.05) is 0 Å². The molecule has 8 aromatic rings. The summed E-state index contributed by atoms with van der Waals surface area (Å²) in [5, 5.41) is 7.90. The molecule has 0 saturated carbocycles. The second-order valence-corrected chi connectivity index (χ2v) is 16.9. The maximum absolute atomic E-state index is 6.33. The van der Waals surface area contributed by atoms with Crippen LogP contribution in [-0.2, 0) is 0 Å². The van der Waals surface area contributed by atoms with Crippen molar-refractivity contribution in [3.8, 4) is 22.3 Å². The summed E-state index contributed by atoms with van der Waals surface area (Å²) in [7, 11) is -2.02. The van der Waals surface area contributed by atoms with E-state index in [0.29, 0.717) is 0 Å². The molecule has 0 aliphatic carbocycles. The van der Waals surface area contributed by atoms with E-state index < -0.39 is 8.07 Å². The number of furan rings is 1. The predicted molar refractivity (Wildman–Crippen MR) is 194 cm³/mol. The summed E-state index contributed by atoms with van der Waals surface area (Å²) in [5.74, 6) is 0. The molecule has 2 heterocycles. The topological polar surface area (TPSA) is 16.4 Å². The van der Waals surface area contributed by atoms with Crippen molar-refractivity contribution in [3.05, 3.63) is 152 Å². The van der Waals surface area contributed by atoms with Gasteiger partial charge in [0.15, 0.2) is 0 Å². The summed E-state index contributed by atoms with van der Waals surface area (Å²) in [6, 6.07) is 55.0. The van der Waals surface area contributed by atoms with Gasteiger partial charge in [0, 0.05) is 27.7 Å². The fraction of sp³-hybridized carbons (Fsp3) is 0.0476. The summed E-state index contributed by atoms with van der Waals surface area (Å²) in [4.78, 5) is 2.44. The lowest BCUT2D eigenvalue weighted by molar-refractivity contribution is 0.669. The zero-order valence-corrected chi connectivity index (χ0v) is 26.3. The molecule has 214 valence electrons. The molecule has 7 aromatic carbocycles. The van der Waals surface area contributed by atoms with E-state index in [-0.39, 0.29) is 0 Å². The molecule has 0 bridgehead atoms. The molecule has 0 spiro atoms. The van der Waals surface area contributed by atoms with Gasteiger partial charge < -0.3 is 9.32 Å². The molecule has 1 aliphatic heterocycles. The first-order valence-electron chi connectivity index (χ1n) is 15.6. The lowest BCUT2D eigenvalue weighted by atomic mass is 9.96. The van der Waals surface area contributed by atoms with Gasteiger partial charge in [-0.1, -0.05) is 122 Å². The number of fused-ring (bicyclic) bond motifs is 8. The molecular weight excluding hydrogens is 563 g/mol. The highest BCUT2D eigenvalue weighted by molar-refractivity contribution is 7.04. The molecular formula is C42H31NOSi. The Kier molecular flexibility index (Phi) is 5.68. The van der Waals surface area contributed by atoms with Crippen LogP contribution >= 0.6 is 0 Å². The van der Waals surface area contributed by atoms with Gasteiger partial charge in [-0.15, -0.1) is 0 Å².